The molecule has 1 heterocycles. The Hall–Kier alpha value is -2.75. The standard InChI is InChI=1S/C21H26N4O2/c1-21(2,3)25-20(27)16-9-6-10-24-18(16)12-19(26)17(23)11-14-7-4-5-8-15(14)13-22/h4-10,17,19,26H,11-12,23H2,1-3H3,(H,25,27). The molecule has 4 N–H and O–H groups in total. The maximum atomic E-state index is 12.5. The third-order valence-electron chi connectivity index (χ3n) is 4.11. The lowest BCUT2D eigenvalue weighted by molar-refractivity contribution is 0.0916. The van der Waals surface area contributed by atoms with Crippen LogP contribution in [-0.2, 0) is 12.8 Å². The molecule has 2 aromatic rings. The van der Waals surface area contributed by atoms with E-state index in [9.17, 15) is 15.2 Å². The van der Waals surface area contributed by atoms with Crippen molar-refractivity contribution in [2.24, 2.45) is 5.73 Å². The zero-order valence-corrected chi connectivity index (χ0v) is 15.9. The highest BCUT2D eigenvalue weighted by Gasteiger charge is 2.23. The van der Waals surface area contributed by atoms with Gasteiger partial charge in [-0.2, -0.15) is 5.26 Å². The number of nitriles is 1. The molecule has 0 saturated carbocycles. The predicted molar refractivity (Wildman–Crippen MR) is 104 cm³/mol. The van der Waals surface area contributed by atoms with Crippen molar-refractivity contribution in [1.29, 1.82) is 5.26 Å². The fraction of sp³-hybridized carbons (Fsp3) is 0.381. The maximum absolute atomic E-state index is 12.5. The van der Waals surface area contributed by atoms with Crippen LogP contribution in [0, 0.1) is 11.3 Å². The Morgan fingerprint density at radius 1 is 1.26 bits per heavy atom. The Morgan fingerprint density at radius 2 is 1.96 bits per heavy atom. The minimum Gasteiger partial charge on any atom is -0.391 e. The first-order valence-electron chi connectivity index (χ1n) is 8.89. The van der Waals surface area contributed by atoms with Gasteiger partial charge in [0, 0.05) is 24.2 Å². The van der Waals surface area contributed by atoms with Crippen LogP contribution in [0.3, 0.4) is 0 Å². The van der Waals surface area contributed by atoms with E-state index in [0.29, 0.717) is 23.2 Å². The molecular weight excluding hydrogens is 340 g/mol. The summed E-state index contributed by atoms with van der Waals surface area (Å²) in [4.78, 5) is 16.8. The topological polar surface area (TPSA) is 112 Å². The number of amides is 1. The van der Waals surface area contributed by atoms with Crippen molar-refractivity contribution in [3.63, 3.8) is 0 Å². The number of hydrogen-bond donors (Lipinski definition) is 3. The van der Waals surface area contributed by atoms with Gasteiger partial charge in [0.05, 0.1) is 29.0 Å². The molecule has 1 aromatic heterocycles. The molecule has 0 aliphatic carbocycles. The minimum atomic E-state index is -0.896. The summed E-state index contributed by atoms with van der Waals surface area (Å²) >= 11 is 0. The first kappa shape index (κ1) is 20.6. The van der Waals surface area contributed by atoms with E-state index in [1.165, 1.54) is 0 Å². The summed E-state index contributed by atoms with van der Waals surface area (Å²) < 4.78 is 0. The largest absolute Gasteiger partial charge is 0.391 e. The van der Waals surface area contributed by atoms with Gasteiger partial charge in [0.2, 0.25) is 0 Å². The molecule has 1 aromatic carbocycles. The number of aromatic nitrogens is 1. The van der Waals surface area contributed by atoms with Crippen molar-refractivity contribution in [2.45, 2.75) is 51.3 Å². The van der Waals surface area contributed by atoms with Crippen molar-refractivity contribution in [2.75, 3.05) is 0 Å². The van der Waals surface area contributed by atoms with Gasteiger partial charge in [-0.05, 0) is 51.0 Å². The van der Waals surface area contributed by atoms with Gasteiger partial charge in [-0.25, -0.2) is 0 Å². The first-order chi connectivity index (χ1) is 12.7. The van der Waals surface area contributed by atoms with Crippen LogP contribution in [0.25, 0.3) is 0 Å². The molecule has 1 amide bonds. The summed E-state index contributed by atoms with van der Waals surface area (Å²) in [6, 6.07) is 12.1. The molecule has 6 nitrogen and oxygen atoms in total. The van der Waals surface area contributed by atoms with Crippen molar-refractivity contribution < 1.29 is 9.90 Å². The van der Waals surface area contributed by atoms with E-state index >= 15 is 0 Å². The first-order valence-corrected chi connectivity index (χ1v) is 8.89. The van der Waals surface area contributed by atoms with Crippen molar-refractivity contribution in [3.05, 3.63) is 65.0 Å². The smallest absolute Gasteiger partial charge is 0.253 e. The Bertz CT molecular complexity index is 837. The highest BCUT2D eigenvalue weighted by molar-refractivity contribution is 5.95. The van der Waals surface area contributed by atoms with Gasteiger partial charge in [-0.3, -0.25) is 9.78 Å². The van der Waals surface area contributed by atoms with Crippen molar-refractivity contribution in [3.8, 4) is 6.07 Å². The second kappa shape index (κ2) is 8.76. The number of benzene rings is 1. The summed E-state index contributed by atoms with van der Waals surface area (Å²) in [6.07, 6.45) is 1.21. The average molecular weight is 366 g/mol. The fourth-order valence-electron chi connectivity index (χ4n) is 2.76. The van der Waals surface area contributed by atoms with Crippen LogP contribution in [-0.4, -0.2) is 33.7 Å². The Balaban J connectivity index is 2.12. The van der Waals surface area contributed by atoms with Gasteiger partial charge < -0.3 is 16.2 Å². The monoisotopic (exact) mass is 366 g/mol. The number of rotatable bonds is 6. The number of hydrogen-bond acceptors (Lipinski definition) is 5. The van der Waals surface area contributed by atoms with Crippen LogP contribution in [0.5, 0.6) is 0 Å². The summed E-state index contributed by atoms with van der Waals surface area (Å²) in [5.74, 6) is -0.235. The van der Waals surface area contributed by atoms with Crippen LogP contribution >= 0.6 is 0 Å². The molecule has 0 saturated heterocycles. The average Bonchev–Trinajstić information content (AvgIpc) is 2.61. The second-order valence-electron chi connectivity index (χ2n) is 7.61. The van der Waals surface area contributed by atoms with E-state index in [2.05, 4.69) is 16.4 Å². The Labute approximate surface area is 160 Å². The number of carbonyl (C=O) groups is 1. The molecule has 6 heteroatoms. The van der Waals surface area contributed by atoms with E-state index < -0.39 is 12.1 Å². The molecular formula is C21H26N4O2. The summed E-state index contributed by atoms with van der Waals surface area (Å²) in [7, 11) is 0. The van der Waals surface area contributed by atoms with Crippen molar-refractivity contribution in [1.82, 2.24) is 10.3 Å². The minimum absolute atomic E-state index is 0.156. The number of carbonyl (C=O) groups excluding carboxylic acids is 1. The van der Waals surface area contributed by atoms with Crippen LogP contribution in [0.15, 0.2) is 42.6 Å². The van der Waals surface area contributed by atoms with Gasteiger partial charge >= 0.3 is 0 Å². The van der Waals surface area contributed by atoms with Crippen molar-refractivity contribution >= 4 is 5.91 Å². The molecule has 27 heavy (non-hydrogen) atoms. The summed E-state index contributed by atoms with van der Waals surface area (Å²) in [6.45, 7) is 5.70. The molecule has 2 rings (SSSR count). The molecule has 0 bridgehead atoms. The number of nitrogens with one attached hydrogen (secondary N) is 1. The lowest BCUT2D eigenvalue weighted by Gasteiger charge is -2.23. The zero-order chi connectivity index (χ0) is 20.0. The number of nitrogens with zero attached hydrogens (tertiary/aromatic N) is 2. The lowest BCUT2D eigenvalue weighted by atomic mass is 9.95. The molecule has 0 fully saturated rings. The van der Waals surface area contributed by atoms with E-state index in [1.807, 2.05) is 32.9 Å². The third-order valence-corrected chi connectivity index (χ3v) is 4.11. The van der Waals surface area contributed by atoms with Gasteiger partial charge in [-0.15, -0.1) is 0 Å². The number of aliphatic hydroxyl groups excluding tert-OH is 1. The molecule has 0 spiro atoms. The Morgan fingerprint density at radius 3 is 2.63 bits per heavy atom. The van der Waals surface area contributed by atoms with Gasteiger partial charge in [0.25, 0.3) is 5.91 Å². The predicted octanol–water partition coefficient (Wildman–Crippen LogP) is 1.95. The third kappa shape index (κ3) is 5.88. The fourth-order valence-corrected chi connectivity index (χ4v) is 2.76. The molecule has 142 valence electrons. The number of aliphatic hydroxyl groups is 1. The van der Waals surface area contributed by atoms with Gasteiger partial charge in [-0.1, -0.05) is 18.2 Å². The molecule has 0 aliphatic heterocycles. The maximum Gasteiger partial charge on any atom is 0.253 e. The van der Waals surface area contributed by atoms with Crippen LogP contribution in [0.2, 0.25) is 0 Å². The second-order valence-corrected chi connectivity index (χ2v) is 7.61. The summed E-state index contributed by atoms with van der Waals surface area (Å²) in [5.41, 5.74) is 8.04. The lowest BCUT2D eigenvalue weighted by Crippen LogP contribution is -2.42. The van der Waals surface area contributed by atoms with E-state index in [-0.39, 0.29) is 17.9 Å². The molecule has 0 aliphatic rings. The molecule has 2 atom stereocenters. The van der Waals surface area contributed by atoms with Crippen LogP contribution in [0.4, 0.5) is 0 Å². The van der Waals surface area contributed by atoms with E-state index in [0.717, 1.165) is 5.56 Å². The Kier molecular flexibility index (Phi) is 6.67. The normalized spacial score (nSPS) is 13.5. The van der Waals surface area contributed by atoms with Crippen LogP contribution in [0.1, 0.15) is 48.0 Å². The van der Waals surface area contributed by atoms with Gasteiger partial charge in [0.15, 0.2) is 0 Å². The van der Waals surface area contributed by atoms with Crippen LogP contribution < -0.4 is 11.1 Å². The molecule has 0 radical (unpaired) electrons. The SMILES string of the molecule is CC(C)(C)NC(=O)c1cccnc1CC(O)C(N)Cc1ccccc1C#N. The quantitative estimate of drug-likeness (QED) is 0.723. The molecule has 2 unspecified atom stereocenters. The van der Waals surface area contributed by atoms with E-state index in [4.69, 9.17) is 5.73 Å². The van der Waals surface area contributed by atoms with Gasteiger partial charge in [0.1, 0.15) is 0 Å². The highest BCUT2D eigenvalue weighted by atomic mass is 16.3. The zero-order valence-electron chi connectivity index (χ0n) is 15.9. The number of nitrogens with two attached hydrogens (primary N) is 1. The number of pyridine rings is 1. The highest BCUT2D eigenvalue weighted by Crippen LogP contribution is 2.15. The van der Waals surface area contributed by atoms with E-state index in [1.54, 1.807) is 30.5 Å². The summed E-state index contributed by atoms with van der Waals surface area (Å²) in [5, 5.41) is 22.6.